The van der Waals surface area contributed by atoms with Gasteiger partial charge in [0.2, 0.25) is 0 Å². The summed E-state index contributed by atoms with van der Waals surface area (Å²) in [7, 11) is 0. The number of rotatable bonds is 4. The zero-order chi connectivity index (χ0) is 14.4. The molecule has 0 radical (unpaired) electrons. The highest BCUT2D eigenvalue weighted by atomic mass is 16.5. The molecule has 0 saturated carbocycles. The summed E-state index contributed by atoms with van der Waals surface area (Å²) in [5, 5.41) is 12.0. The van der Waals surface area contributed by atoms with Gasteiger partial charge in [-0.25, -0.2) is 9.78 Å². The molecule has 0 aliphatic heterocycles. The van der Waals surface area contributed by atoms with Crippen LogP contribution in [0.5, 0.6) is 0 Å². The molecule has 1 heterocycles. The molecule has 100 valence electrons. The second-order valence-electron chi connectivity index (χ2n) is 3.93. The van der Waals surface area contributed by atoms with Crippen molar-refractivity contribution in [3.63, 3.8) is 0 Å². The lowest BCUT2D eigenvalue weighted by Crippen LogP contribution is -2.05. The van der Waals surface area contributed by atoms with Gasteiger partial charge in [-0.3, -0.25) is 0 Å². The van der Waals surface area contributed by atoms with Crippen LogP contribution in [-0.2, 0) is 4.74 Å². The fraction of sp³-hybridized carbons (Fsp3) is 0.133. The Kier molecular flexibility index (Phi) is 4.30. The number of nitrogens with zero attached hydrogens (tertiary/aromatic N) is 2. The van der Waals surface area contributed by atoms with Crippen LogP contribution in [0.15, 0.2) is 42.6 Å². The molecule has 1 N–H and O–H groups in total. The lowest BCUT2D eigenvalue weighted by atomic mass is 10.2. The number of carbonyl (C=O) groups is 1. The lowest BCUT2D eigenvalue weighted by molar-refractivity contribution is 0.0526. The number of esters is 1. The number of pyridine rings is 1. The average molecular weight is 267 g/mol. The molecule has 0 aliphatic rings. The number of nitrogens with one attached hydrogen (secondary N) is 1. The number of hydrogen-bond acceptors (Lipinski definition) is 5. The molecule has 0 spiro atoms. The molecule has 1 aromatic carbocycles. The third-order valence-electron chi connectivity index (χ3n) is 2.58. The van der Waals surface area contributed by atoms with E-state index in [-0.39, 0.29) is 0 Å². The fourth-order valence-corrected chi connectivity index (χ4v) is 1.63. The molecular weight excluding hydrogens is 254 g/mol. The minimum absolute atomic E-state index is 0.328. The van der Waals surface area contributed by atoms with Gasteiger partial charge in [0, 0.05) is 6.20 Å². The molecule has 5 heteroatoms. The molecule has 0 fully saturated rings. The van der Waals surface area contributed by atoms with Gasteiger partial charge in [-0.1, -0.05) is 12.1 Å². The van der Waals surface area contributed by atoms with E-state index in [0.717, 1.165) is 0 Å². The van der Waals surface area contributed by atoms with Crippen LogP contribution in [0, 0.1) is 11.3 Å². The van der Waals surface area contributed by atoms with E-state index in [9.17, 15) is 4.79 Å². The molecule has 2 rings (SSSR count). The summed E-state index contributed by atoms with van der Waals surface area (Å²) >= 11 is 0. The normalized spacial score (nSPS) is 9.60. The maximum absolute atomic E-state index is 11.5. The van der Waals surface area contributed by atoms with Crippen molar-refractivity contribution in [2.45, 2.75) is 6.92 Å². The van der Waals surface area contributed by atoms with Crippen LogP contribution in [0.2, 0.25) is 0 Å². The summed E-state index contributed by atoms with van der Waals surface area (Å²) in [4.78, 5) is 15.6. The van der Waals surface area contributed by atoms with Gasteiger partial charge < -0.3 is 10.1 Å². The van der Waals surface area contributed by atoms with Crippen molar-refractivity contribution in [2.24, 2.45) is 0 Å². The quantitative estimate of drug-likeness (QED) is 0.862. The predicted octanol–water partition coefficient (Wildman–Crippen LogP) is 2.87. The maximum atomic E-state index is 11.5. The molecule has 0 unspecified atom stereocenters. The molecule has 0 amide bonds. The minimum atomic E-state index is -0.399. The molecule has 0 saturated heterocycles. The average Bonchev–Trinajstić information content (AvgIpc) is 2.49. The minimum Gasteiger partial charge on any atom is -0.462 e. The first-order chi connectivity index (χ1) is 9.74. The van der Waals surface area contributed by atoms with Gasteiger partial charge in [-0.15, -0.1) is 0 Å². The van der Waals surface area contributed by atoms with E-state index in [1.165, 1.54) is 6.20 Å². The van der Waals surface area contributed by atoms with Crippen molar-refractivity contribution in [1.82, 2.24) is 4.98 Å². The van der Waals surface area contributed by atoms with Crippen molar-refractivity contribution in [3.8, 4) is 6.07 Å². The van der Waals surface area contributed by atoms with Crippen LogP contribution in [0.3, 0.4) is 0 Å². The van der Waals surface area contributed by atoms with Gasteiger partial charge in [0.15, 0.2) is 0 Å². The Labute approximate surface area is 116 Å². The molecule has 2 aromatic rings. The second kappa shape index (κ2) is 6.34. The van der Waals surface area contributed by atoms with Gasteiger partial charge in [0.1, 0.15) is 11.9 Å². The first-order valence-electron chi connectivity index (χ1n) is 6.14. The van der Waals surface area contributed by atoms with Crippen molar-refractivity contribution in [3.05, 3.63) is 53.7 Å². The summed E-state index contributed by atoms with van der Waals surface area (Å²) in [5.74, 6) is 0.157. The van der Waals surface area contributed by atoms with Crippen LogP contribution in [0.25, 0.3) is 0 Å². The van der Waals surface area contributed by atoms with Gasteiger partial charge in [0.05, 0.1) is 23.4 Å². The number of hydrogen-bond donors (Lipinski definition) is 1. The molecule has 5 nitrogen and oxygen atoms in total. The molecular formula is C15H13N3O2. The Morgan fingerprint density at radius 1 is 1.35 bits per heavy atom. The topological polar surface area (TPSA) is 75.0 Å². The number of carbonyl (C=O) groups excluding carboxylic acids is 1. The Morgan fingerprint density at radius 3 is 2.80 bits per heavy atom. The van der Waals surface area contributed by atoms with Gasteiger partial charge in [-0.05, 0) is 31.2 Å². The summed E-state index contributed by atoms with van der Waals surface area (Å²) in [5.41, 5.74) is 1.60. The molecule has 20 heavy (non-hydrogen) atoms. The van der Waals surface area contributed by atoms with Crippen molar-refractivity contribution in [1.29, 1.82) is 5.26 Å². The van der Waals surface area contributed by atoms with Gasteiger partial charge in [0.25, 0.3) is 0 Å². The zero-order valence-electron chi connectivity index (χ0n) is 11.0. The number of benzene rings is 1. The summed E-state index contributed by atoms with van der Waals surface area (Å²) in [6.07, 6.45) is 1.44. The van der Waals surface area contributed by atoms with Crippen LogP contribution < -0.4 is 5.32 Å². The lowest BCUT2D eigenvalue weighted by Gasteiger charge is -2.07. The largest absolute Gasteiger partial charge is 0.462 e. The summed E-state index contributed by atoms with van der Waals surface area (Å²) in [6.45, 7) is 2.08. The number of anilines is 2. The van der Waals surface area contributed by atoms with Crippen molar-refractivity contribution < 1.29 is 9.53 Å². The third-order valence-corrected chi connectivity index (χ3v) is 2.58. The Hall–Kier alpha value is -2.87. The molecule has 1 aromatic heterocycles. The highest BCUT2D eigenvalue weighted by molar-refractivity contribution is 5.89. The van der Waals surface area contributed by atoms with E-state index in [0.29, 0.717) is 29.2 Å². The first kappa shape index (κ1) is 13.6. The Balaban J connectivity index is 2.15. The van der Waals surface area contributed by atoms with Crippen LogP contribution in [-0.4, -0.2) is 17.6 Å². The zero-order valence-corrected chi connectivity index (χ0v) is 11.0. The van der Waals surface area contributed by atoms with E-state index < -0.39 is 5.97 Å². The molecule has 0 atom stereocenters. The van der Waals surface area contributed by atoms with E-state index in [1.54, 1.807) is 37.3 Å². The van der Waals surface area contributed by atoms with Crippen molar-refractivity contribution in [2.75, 3.05) is 11.9 Å². The van der Waals surface area contributed by atoms with Crippen LogP contribution in [0.4, 0.5) is 11.5 Å². The molecule has 0 bridgehead atoms. The van der Waals surface area contributed by atoms with Crippen molar-refractivity contribution >= 4 is 17.5 Å². The highest BCUT2D eigenvalue weighted by Crippen LogP contribution is 2.18. The Bertz CT molecular complexity index is 645. The van der Waals surface area contributed by atoms with E-state index in [2.05, 4.69) is 16.4 Å². The first-order valence-corrected chi connectivity index (χ1v) is 6.14. The number of para-hydroxylation sites is 1. The standard InChI is InChI=1S/C15H13N3O2/c1-2-20-15(19)12-7-8-14(17-10-12)18-13-6-4-3-5-11(13)9-16/h3-8,10H,2H2,1H3,(H,17,18). The van der Waals surface area contributed by atoms with Gasteiger partial charge in [-0.2, -0.15) is 5.26 Å². The fourth-order valence-electron chi connectivity index (χ4n) is 1.63. The summed E-state index contributed by atoms with van der Waals surface area (Å²) < 4.78 is 4.88. The number of aromatic nitrogens is 1. The monoisotopic (exact) mass is 267 g/mol. The van der Waals surface area contributed by atoms with Crippen LogP contribution >= 0.6 is 0 Å². The van der Waals surface area contributed by atoms with E-state index in [4.69, 9.17) is 10.00 Å². The maximum Gasteiger partial charge on any atom is 0.339 e. The Morgan fingerprint density at radius 2 is 2.15 bits per heavy atom. The van der Waals surface area contributed by atoms with Crippen LogP contribution in [0.1, 0.15) is 22.8 Å². The molecule has 0 aliphatic carbocycles. The highest BCUT2D eigenvalue weighted by Gasteiger charge is 2.07. The van der Waals surface area contributed by atoms with Gasteiger partial charge >= 0.3 is 5.97 Å². The summed E-state index contributed by atoms with van der Waals surface area (Å²) in [6, 6.07) is 12.5. The smallest absolute Gasteiger partial charge is 0.339 e. The van der Waals surface area contributed by atoms with E-state index in [1.807, 2.05) is 6.07 Å². The third kappa shape index (κ3) is 3.12. The number of nitriles is 1. The van der Waals surface area contributed by atoms with E-state index >= 15 is 0 Å². The predicted molar refractivity (Wildman–Crippen MR) is 74.6 cm³/mol. The second-order valence-corrected chi connectivity index (χ2v) is 3.93. The number of ether oxygens (including phenoxy) is 1. The SMILES string of the molecule is CCOC(=O)c1ccc(Nc2ccccc2C#N)nc1.